The Balaban J connectivity index is 2.74. The van der Waals surface area contributed by atoms with E-state index >= 15 is 0 Å². The van der Waals surface area contributed by atoms with E-state index in [0.717, 1.165) is 6.42 Å². The number of nitrogens with one attached hydrogen (secondary N) is 1. The van der Waals surface area contributed by atoms with E-state index in [-0.39, 0.29) is 11.8 Å². The molecule has 1 aromatic rings. The number of rotatable bonds is 6. The van der Waals surface area contributed by atoms with Crippen molar-refractivity contribution in [2.75, 3.05) is 7.05 Å². The summed E-state index contributed by atoms with van der Waals surface area (Å²) in [5.41, 5.74) is 2.55. The van der Waals surface area contributed by atoms with Gasteiger partial charge in [0.2, 0.25) is 0 Å². The molecule has 1 rings (SSSR count). The van der Waals surface area contributed by atoms with Gasteiger partial charge in [0.1, 0.15) is 5.78 Å². The Kier molecular flexibility index (Phi) is 5.36. The minimum absolute atomic E-state index is 0.139. The summed E-state index contributed by atoms with van der Waals surface area (Å²) in [6.45, 7) is 6.08. The average molecular weight is 233 g/mol. The molecule has 0 aromatic heterocycles. The highest BCUT2D eigenvalue weighted by atomic mass is 16.1. The van der Waals surface area contributed by atoms with Crippen molar-refractivity contribution in [3.8, 4) is 0 Å². The molecule has 94 valence electrons. The van der Waals surface area contributed by atoms with Crippen molar-refractivity contribution in [2.24, 2.45) is 5.92 Å². The maximum absolute atomic E-state index is 11.2. The third-order valence-electron chi connectivity index (χ3n) is 2.87. The van der Waals surface area contributed by atoms with E-state index in [4.69, 9.17) is 0 Å². The zero-order chi connectivity index (χ0) is 12.8. The fourth-order valence-corrected chi connectivity index (χ4v) is 2.03. The minimum Gasteiger partial charge on any atom is -0.313 e. The molecule has 0 aliphatic carbocycles. The summed E-state index contributed by atoms with van der Waals surface area (Å²) in [5.74, 6) is 0.897. The number of carbonyl (C=O) groups is 1. The highest BCUT2D eigenvalue weighted by molar-refractivity contribution is 5.76. The van der Waals surface area contributed by atoms with E-state index in [0.29, 0.717) is 12.3 Å². The van der Waals surface area contributed by atoms with Crippen molar-refractivity contribution < 1.29 is 4.79 Å². The number of ketones is 1. The highest BCUT2D eigenvalue weighted by Crippen LogP contribution is 2.18. The molecule has 0 fully saturated rings. The molecule has 2 heteroatoms. The lowest BCUT2D eigenvalue weighted by atomic mass is 9.97. The van der Waals surface area contributed by atoms with Gasteiger partial charge in [0.15, 0.2) is 0 Å². The molecule has 0 saturated heterocycles. The summed E-state index contributed by atoms with van der Waals surface area (Å²) < 4.78 is 0. The lowest BCUT2D eigenvalue weighted by Crippen LogP contribution is -2.18. The first-order valence-corrected chi connectivity index (χ1v) is 6.28. The normalized spacial score (nSPS) is 12.8. The predicted octanol–water partition coefficient (Wildman–Crippen LogP) is 3.12. The number of benzene rings is 1. The number of Topliss-reactive ketones (excluding diaryl/α,β-unsaturated/α-hetero) is 1. The zero-order valence-corrected chi connectivity index (χ0v) is 11.3. The quantitative estimate of drug-likeness (QED) is 0.818. The Labute approximate surface area is 104 Å². The fraction of sp³-hybridized carbons (Fsp3) is 0.533. The molecule has 1 N–H and O–H groups in total. The Hall–Kier alpha value is -1.15. The second kappa shape index (κ2) is 6.55. The second-order valence-electron chi connectivity index (χ2n) is 5.09. The lowest BCUT2D eigenvalue weighted by Gasteiger charge is -2.15. The molecule has 0 aliphatic rings. The van der Waals surface area contributed by atoms with Crippen LogP contribution >= 0.6 is 0 Å². The summed E-state index contributed by atoms with van der Waals surface area (Å²) >= 11 is 0. The summed E-state index contributed by atoms with van der Waals surface area (Å²) in [4.78, 5) is 11.2. The molecule has 0 saturated carbocycles. The third-order valence-corrected chi connectivity index (χ3v) is 2.87. The molecule has 0 bridgehead atoms. The van der Waals surface area contributed by atoms with Crippen molar-refractivity contribution in [1.82, 2.24) is 5.32 Å². The van der Waals surface area contributed by atoms with Crippen molar-refractivity contribution in [1.29, 1.82) is 0 Å². The van der Waals surface area contributed by atoms with Gasteiger partial charge >= 0.3 is 0 Å². The van der Waals surface area contributed by atoms with Crippen LogP contribution in [0.4, 0.5) is 0 Å². The fourth-order valence-electron chi connectivity index (χ4n) is 2.03. The molecular weight excluding hydrogens is 210 g/mol. The van der Waals surface area contributed by atoms with E-state index in [9.17, 15) is 4.79 Å². The van der Waals surface area contributed by atoms with Crippen molar-refractivity contribution in [3.05, 3.63) is 35.4 Å². The van der Waals surface area contributed by atoms with Crippen molar-refractivity contribution in [2.45, 2.75) is 39.7 Å². The van der Waals surface area contributed by atoms with E-state index in [2.05, 4.69) is 43.4 Å². The van der Waals surface area contributed by atoms with Gasteiger partial charge < -0.3 is 5.32 Å². The van der Waals surface area contributed by atoms with Crippen molar-refractivity contribution in [3.63, 3.8) is 0 Å². The van der Waals surface area contributed by atoms with Gasteiger partial charge in [-0.1, -0.05) is 38.1 Å². The topological polar surface area (TPSA) is 29.1 Å². The van der Waals surface area contributed by atoms with Gasteiger partial charge in [0.25, 0.3) is 0 Å². The van der Waals surface area contributed by atoms with Crippen LogP contribution in [0.1, 0.15) is 44.4 Å². The summed E-state index contributed by atoms with van der Waals surface area (Å²) in [7, 11) is 1.90. The molecule has 1 aromatic carbocycles. The van der Waals surface area contributed by atoms with Crippen LogP contribution in [0.3, 0.4) is 0 Å². The molecule has 1 atom stereocenters. The molecule has 0 amide bonds. The van der Waals surface area contributed by atoms with Gasteiger partial charge in [-0.05, 0) is 37.4 Å². The summed E-state index contributed by atoms with van der Waals surface area (Å²) in [5, 5.41) is 3.19. The smallest absolute Gasteiger partial charge is 0.131 e. The van der Waals surface area contributed by atoms with E-state index in [1.54, 1.807) is 6.92 Å². The molecule has 0 radical (unpaired) electrons. The van der Waals surface area contributed by atoms with Gasteiger partial charge in [0.05, 0.1) is 0 Å². The molecule has 0 aliphatic heterocycles. The molecule has 17 heavy (non-hydrogen) atoms. The number of hydrogen-bond acceptors (Lipinski definition) is 2. The molecule has 0 spiro atoms. The van der Waals surface area contributed by atoms with Crippen LogP contribution in [0.5, 0.6) is 0 Å². The van der Waals surface area contributed by atoms with Crippen LogP contribution < -0.4 is 5.32 Å². The number of carbonyl (C=O) groups excluding carboxylic acids is 1. The maximum atomic E-state index is 11.2. The molecular formula is C15H23NO. The van der Waals surface area contributed by atoms with Crippen LogP contribution in [-0.4, -0.2) is 12.8 Å². The summed E-state index contributed by atoms with van der Waals surface area (Å²) in [6.07, 6.45) is 1.66. The SMILES string of the molecule is CNC(CC(C)=O)c1ccc(CC(C)C)cc1. The van der Waals surface area contributed by atoms with Crippen molar-refractivity contribution >= 4 is 5.78 Å². The van der Waals surface area contributed by atoms with Crippen LogP contribution in [-0.2, 0) is 11.2 Å². The standard InChI is InChI=1S/C15H23NO/c1-11(2)9-13-5-7-14(8-6-13)15(16-4)10-12(3)17/h5-8,11,15-16H,9-10H2,1-4H3. The van der Waals surface area contributed by atoms with Gasteiger partial charge in [-0.15, -0.1) is 0 Å². The lowest BCUT2D eigenvalue weighted by molar-refractivity contribution is -0.117. The second-order valence-corrected chi connectivity index (χ2v) is 5.09. The van der Waals surface area contributed by atoms with E-state index in [1.165, 1.54) is 11.1 Å². The molecule has 2 nitrogen and oxygen atoms in total. The van der Waals surface area contributed by atoms with E-state index in [1.807, 2.05) is 7.05 Å². The van der Waals surface area contributed by atoms with Gasteiger partial charge in [0, 0.05) is 12.5 Å². The van der Waals surface area contributed by atoms with Crippen LogP contribution in [0.15, 0.2) is 24.3 Å². The predicted molar refractivity (Wildman–Crippen MR) is 72.1 cm³/mol. The first kappa shape index (κ1) is 13.9. The monoisotopic (exact) mass is 233 g/mol. The van der Waals surface area contributed by atoms with Gasteiger partial charge in [-0.3, -0.25) is 4.79 Å². The number of hydrogen-bond donors (Lipinski definition) is 1. The first-order chi connectivity index (χ1) is 8.02. The third kappa shape index (κ3) is 4.70. The van der Waals surface area contributed by atoms with Gasteiger partial charge in [-0.25, -0.2) is 0 Å². The van der Waals surface area contributed by atoms with Gasteiger partial charge in [-0.2, -0.15) is 0 Å². The Morgan fingerprint density at radius 3 is 2.24 bits per heavy atom. The summed E-state index contributed by atoms with van der Waals surface area (Å²) in [6, 6.07) is 8.73. The Bertz CT molecular complexity index is 354. The Morgan fingerprint density at radius 1 is 1.24 bits per heavy atom. The average Bonchev–Trinajstić information content (AvgIpc) is 2.26. The molecule has 0 heterocycles. The van der Waals surface area contributed by atoms with Crippen LogP contribution in [0.25, 0.3) is 0 Å². The first-order valence-electron chi connectivity index (χ1n) is 6.28. The van der Waals surface area contributed by atoms with E-state index < -0.39 is 0 Å². The maximum Gasteiger partial charge on any atom is 0.131 e. The highest BCUT2D eigenvalue weighted by Gasteiger charge is 2.11. The zero-order valence-electron chi connectivity index (χ0n) is 11.3. The Morgan fingerprint density at radius 2 is 1.82 bits per heavy atom. The largest absolute Gasteiger partial charge is 0.313 e. The molecule has 1 unspecified atom stereocenters. The van der Waals surface area contributed by atoms with Crippen LogP contribution in [0.2, 0.25) is 0 Å². The van der Waals surface area contributed by atoms with Crippen LogP contribution in [0, 0.1) is 5.92 Å². The minimum atomic E-state index is 0.139.